The normalized spacial score (nSPS) is 11.1. The molecule has 0 fully saturated rings. The summed E-state index contributed by atoms with van der Waals surface area (Å²) in [7, 11) is 0. The van der Waals surface area contributed by atoms with Gasteiger partial charge >= 0.3 is 0 Å². The second-order valence-electron chi connectivity index (χ2n) is 4.07. The van der Waals surface area contributed by atoms with Crippen LogP contribution < -0.4 is 0 Å². The lowest BCUT2D eigenvalue weighted by atomic mass is 10.2. The largest absolute Gasteiger partial charge is 0.508 e. The van der Waals surface area contributed by atoms with Crippen LogP contribution in [0.4, 0.5) is 0 Å². The van der Waals surface area contributed by atoms with E-state index >= 15 is 0 Å². The molecule has 0 spiro atoms. The average molecular weight is 295 g/mol. The maximum absolute atomic E-state index is 9.43. The molecule has 19 heavy (non-hydrogen) atoms. The molecule has 4 nitrogen and oxygen atoms in total. The van der Waals surface area contributed by atoms with Gasteiger partial charge in [0.15, 0.2) is 0 Å². The van der Waals surface area contributed by atoms with E-state index in [9.17, 15) is 10.2 Å². The third-order valence-corrected chi connectivity index (χ3v) is 3.29. The van der Waals surface area contributed by atoms with Crippen LogP contribution >= 0.6 is 23.2 Å². The molecule has 1 heterocycles. The Hall–Kier alpha value is -1.91. The minimum Gasteiger partial charge on any atom is -0.508 e. The van der Waals surface area contributed by atoms with Gasteiger partial charge < -0.3 is 10.2 Å². The summed E-state index contributed by atoms with van der Waals surface area (Å²) >= 11 is 12.1. The van der Waals surface area contributed by atoms with Gasteiger partial charge in [0.25, 0.3) is 0 Å². The maximum atomic E-state index is 9.43. The lowest BCUT2D eigenvalue weighted by Gasteiger charge is -2.07. The van der Waals surface area contributed by atoms with Gasteiger partial charge in [-0.15, -0.1) is 0 Å². The molecule has 6 heteroatoms. The number of benzene rings is 2. The van der Waals surface area contributed by atoms with Gasteiger partial charge in [0.05, 0.1) is 15.6 Å². The van der Waals surface area contributed by atoms with Gasteiger partial charge in [-0.3, -0.25) is 0 Å². The predicted molar refractivity (Wildman–Crippen MR) is 74.4 cm³/mol. The Morgan fingerprint density at radius 1 is 0.947 bits per heavy atom. The highest BCUT2D eigenvalue weighted by atomic mass is 35.5. The number of phenolic OH excluding ortho intramolecular Hbond substituents is 2. The van der Waals surface area contributed by atoms with Crippen molar-refractivity contribution >= 4 is 34.1 Å². The van der Waals surface area contributed by atoms with Crippen molar-refractivity contribution in [3.63, 3.8) is 0 Å². The van der Waals surface area contributed by atoms with Crippen LogP contribution in [0.5, 0.6) is 11.5 Å². The number of aromatic nitrogens is 2. The average Bonchev–Trinajstić information content (AvgIpc) is 2.69. The summed E-state index contributed by atoms with van der Waals surface area (Å²) in [6, 6.07) is 7.64. The van der Waals surface area contributed by atoms with Crippen LogP contribution in [0.3, 0.4) is 0 Å². The van der Waals surface area contributed by atoms with E-state index in [0.717, 1.165) is 5.39 Å². The molecule has 0 saturated heterocycles. The van der Waals surface area contributed by atoms with Crippen molar-refractivity contribution < 1.29 is 10.2 Å². The Kier molecular flexibility index (Phi) is 2.77. The molecule has 0 amide bonds. The fourth-order valence-electron chi connectivity index (χ4n) is 1.90. The fraction of sp³-hybridized carbons (Fsp3) is 0. The smallest absolute Gasteiger partial charge is 0.118 e. The van der Waals surface area contributed by atoms with Crippen LogP contribution in [0.2, 0.25) is 10.0 Å². The van der Waals surface area contributed by atoms with Crippen molar-refractivity contribution in [1.82, 2.24) is 9.78 Å². The lowest BCUT2D eigenvalue weighted by molar-refractivity contribution is 0.475. The number of hydrogen-bond donors (Lipinski definition) is 2. The summed E-state index contributed by atoms with van der Waals surface area (Å²) in [5.74, 6) is 0.156. The number of phenols is 2. The number of aromatic hydroxyl groups is 2. The van der Waals surface area contributed by atoms with Crippen LogP contribution in [0, 0.1) is 0 Å². The molecule has 0 unspecified atom stereocenters. The summed E-state index contributed by atoms with van der Waals surface area (Å²) in [6.07, 6.45) is 1.71. The highest BCUT2D eigenvalue weighted by Gasteiger charge is 2.12. The molecule has 0 saturated carbocycles. The first-order chi connectivity index (χ1) is 9.04. The molecular formula is C13H8Cl2N2O2. The molecule has 0 atom stereocenters. The quantitative estimate of drug-likeness (QED) is 0.719. The summed E-state index contributed by atoms with van der Waals surface area (Å²) in [6.45, 7) is 0. The summed E-state index contributed by atoms with van der Waals surface area (Å²) in [5, 5.41) is 24.5. The van der Waals surface area contributed by atoms with Crippen LogP contribution in [-0.4, -0.2) is 20.0 Å². The molecule has 2 aromatic carbocycles. The monoisotopic (exact) mass is 294 g/mol. The van der Waals surface area contributed by atoms with Crippen molar-refractivity contribution in [3.05, 3.63) is 46.6 Å². The minimum atomic E-state index is -0.00638. The molecular weight excluding hydrogens is 287 g/mol. The van der Waals surface area contributed by atoms with Gasteiger partial charge in [-0.1, -0.05) is 23.2 Å². The van der Waals surface area contributed by atoms with Gasteiger partial charge in [0.1, 0.15) is 17.2 Å². The van der Waals surface area contributed by atoms with E-state index in [0.29, 0.717) is 21.2 Å². The molecule has 0 aliphatic carbocycles. The first-order valence-corrected chi connectivity index (χ1v) is 6.17. The first kappa shape index (κ1) is 12.1. The number of halogens is 2. The molecule has 0 aliphatic rings. The zero-order valence-corrected chi connectivity index (χ0v) is 11.0. The number of fused-ring (bicyclic) bond motifs is 1. The molecule has 0 bridgehead atoms. The Morgan fingerprint density at radius 3 is 2.32 bits per heavy atom. The second kappa shape index (κ2) is 4.33. The van der Waals surface area contributed by atoms with Crippen molar-refractivity contribution in [1.29, 1.82) is 0 Å². The van der Waals surface area contributed by atoms with Crippen molar-refractivity contribution in [2.45, 2.75) is 0 Å². The van der Waals surface area contributed by atoms with E-state index in [1.54, 1.807) is 24.4 Å². The number of nitrogens with zero attached hydrogens (tertiary/aromatic N) is 2. The van der Waals surface area contributed by atoms with Crippen LogP contribution in [0.1, 0.15) is 0 Å². The maximum Gasteiger partial charge on any atom is 0.118 e. The molecule has 2 N–H and O–H groups in total. The van der Waals surface area contributed by atoms with E-state index in [-0.39, 0.29) is 11.5 Å². The Balaban J connectivity index is 2.24. The van der Waals surface area contributed by atoms with Crippen LogP contribution in [-0.2, 0) is 0 Å². The van der Waals surface area contributed by atoms with E-state index < -0.39 is 0 Å². The summed E-state index contributed by atoms with van der Waals surface area (Å²) in [4.78, 5) is 0. The highest BCUT2D eigenvalue weighted by molar-refractivity contribution is 6.38. The Morgan fingerprint density at radius 2 is 1.63 bits per heavy atom. The Labute approximate surface area is 118 Å². The third kappa shape index (κ3) is 2.09. The van der Waals surface area contributed by atoms with E-state index in [2.05, 4.69) is 5.10 Å². The Bertz CT molecular complexity index is 760. The molecule has 3 rings (SSSR count). The zero-order valence-electron chi connectivity index (χ0n) is 9.51. The van der Waals surface area contributed by atoms with Gasteiger partial charge in [-0.2, -0.15) is 5.10 Å². The van der Waals surface area contributed by atoms with Crippen LogP contribution in [0.25, 0.3) is 16.6 Å². The van der Waals surface area contributed by atoms with Crippen LogP contribution in [0.15, 0.2) is 36.5 Å². The SMILES string of the molecule is Oc1cc(Cl)c(-n2cc3cc(O)ccc3n2)c(Cl)c1. The number of rotatable bonds is 1. The lowest BCUT2D eigenvalue weighted by Crippen LogP contribution is -1.96. The highest BCUT2D eigenvalue weighted by Crippen LogP contribution is 2.33. The fourth-order valence-corrected chi connectivity index (χ4v) is 2.55. The van der Waals surface area contributed by atoms with Crippen molar-refractivity contribution in [2.75, 3.05) is 0 Å². The van der Waals surface area contributed by atoms with E-state index in [1.807, 2.05) is 0 Å². The minimum absolute atomic E-state index is 0.00638. The molecule has 0 aliphatic heterocycles. The van der Waals surface area contributed by atoms with Gasteiger partial charge in [-0.25, -0.2) is 4.68 Å². The standard InChI is InChI=1S/C13H8Cl2N2O2/c14-10-4-9(19)5-11(15)13(10)17-6-7-3-8(18)1-2-12(7)16-17/h1-6,18-19H. The second-order valence-corrected chi connectivity index (χ2v) is 4.89. The zero-order chi connectivity index (χ0) is 13.6. The third-order valence-electron chi connectivity index (χ3n) is 2.72. The summed E-state index contributed by atoms with van der Waals surface area (Å²) < 4.78 is 1.52. The topological polar surface area (TPSA) is 58.3 Å². The number of hydrogen-bond acceptors (Lipinski definition) is 3. The van der Waals surface area contributed by atoms with Crippen molar-refractivity contribution in [2.24, 2.45) is 0 Å². The van der Waals surface area contributed by atoms with Gasteiger partial charge in [0, 0.05) is 23.7 Å². The summed E-state index contributed by atoms with van der Waals surface area (Å²) in [5.41, 5.74) is 1.19. The van der Waals surface area contributed by atoms with Gasteiger partial charge in [0.2, 0.25) is 0 Å². The molecule has 0 radical (unpaired) electrons. The van der Waals surface area contributed by atoms with Crippen molar-refractivity contribution in [3.8, 4) is 17.2 Å². The van der Waals surface area contributed by atoms with E-state index in [4.69, 9.17) is 23.2 Å². The van der Waals surface area contributed by atoms with Gasteiger partial charge in [-0.05, 0) is 18.2 Å². The van der Waals surface area contributed by atoms with E-state index in [1.165, 1.54) is 16.8 Å². The molecule has 3 aromatic rings. The first-order valence-electron chi connectivity index (χ1n) is 5.41. The predicted octanol–water partition coefficient (Wildman–Crippen LogP) is 3.74. The molecule has 1 aromatic heterocycles. The molecule has 96 valence electrons.